The van der Waals surface area contributed by atoms with Gasteiger partial charge in [-0.2, -0.15) is 0 Å². The molecule has 0 aliphatic heterocycles. The summed E-state index contributed by atoms with van der Waals surface area (Å²) in [5.41, 5.74) is 5.14. The van der Waals surface area contributed by atoms with Crippen LogP contribution in [0.3, 0.4) is 0 Å². The highest BCUT2D eigenvalue weighted by Crippen LogP contribution is 2.42. The van der Waals surface area contributed by atoms with Crippen molar-refractivity contribution in [2.24, 2.45) is 11.1 Å². The molecule has 2 heterocycles. The fourth-order valence-corrected chi connectivity index (χ4v) is 3.73. The summed E-state index contributed by atoms with van der Waals surface area (Å²) in [4.78, 5) is 27.0. The molecule has 2 N–H and O–H groups in total. The first kappa shape index (κ1) is 16.8. The molecule has 24 heavy (non-hydrogen) atoms. The third-order valence-corrected chi connectivity index (χ3v) is 5.35. The number of aryl methyl sites for hydroxylation is 1. The van der Waals surface area contributed by atoms with E-state index >= 15 is 0 Å². The zero-order valence-corrected chi connectivity index (χ0v) is 14.4. The van der Waals surface area contributed by atoms with Crippen LogP contribution in [0.15, 0.2) is 18.6 Å². The Morgan fingerprint density at radius 2 is 2.21 bits per heavy atom. The van der Waals surface area contributed by atoms with Crippen LogP contribution in [0.5, 0.6) is 0 Å². The lowest BCUT2D eigenvalue weighted by Gasteiger charge is -2.43. The third-order valence-electron chi connectivity index (χ3n) is 4.45. The van der Waals surface area contributed by atoms with Gasteiger partial charge in [0.25, 0.3) is 5.91 Å². The SMILES string of the molecule is Cc1cnc(CN(CC2(CF)CCC2)c2cc(C(N)=O)ncn2)s1. The average molecular weight is 349 g/mol. The molecule has 1 fully saturated rings. The molecule has 0 saturated heterocycles. The lowest BCUT2D eigenvalue weighted by atomic mass is 9.69. The van der Waals surface area contributed by atoms with E-state index < -0.39 is 5.91 Å². The van der Waals surface area contributed by atoms with Gasteiger partial charge in [-0.15, -0.1) is 11.3 Å². The van der Waals surface area contributed by atoms with Crippen LogP contribution in [0.1, 0.15) is 39.6 Å². The summed E-state index contributed by atoms with van der Waals surface area (Å²) in [6.07, 6.45) is 5.92. The highest BCUT2D eigenvalue weighted by atomic mass is 32.1. The van der Waals surface area contributed by atoms with Gasteiger partial charge in [0, 0.05) is 29.1 Å². The van der Waals surface area contributed by atoms with Crippen molar-refractivity contribution in [3.8, 4) is 0 Å². The van der Waals surface area contributed by atoms with E-state index in [0.29, 0.717) is 18.9 Å². The van der Waals surface area contributed by atoms with Gasteiger partial charge in [0.05, 0.1) is 13.2 Å². The lowest BCUT2D eigenvalue weighted by Crippen LogP contribution is -2.44. The first-order valence-electron chi connectivity index (χ1n) is 7.85. The van der Waals surface area contributed by atoms with Crippen LogP contribution in [0, 0.1) is 12.3 Å². The van der Waals surface area contributed by atoms with Gasteiger partial charge in [-0.05, 0) is 19.8 Å². The van der Waals surface area contributed by atoms with E-state index in [9.17, 15) is 9.18 Å². The number of aromatic nitrogens is 3. The number of alkyl halides is 1. The van der Waals surface area contributed by atoms with Gasteiger partial charge >= 0.3 is 0 Å². The number of amides is 1. The normalized spacial score (nSPS) is 15.8. The number of carbonyl (C=O) groups is 1. The number of rotatable bonds is 7. The number of nitrogens with two attached hydrogens (primary N) is 1. The van der Waals surface area contributed by atoms with Crippen molar-refractivity contribution in [2.45, 2.75) is 32.7 Å². The minimum absolute atomic E-state index is 0.156. The summed E-state index contributed by atoms with van der Waals surface area (Å²) >= 11 is 1.60. The number of primary amides is 1. The predicted octanol–water partition coefficient (Wildman–Crippen LogP) is 2.49. The summed E-state index contributed by atoms with van der Waals surface area (Å²) in [6.45, 7) is 2.71. The maximum Gasteiger partial charge on any atom is 0.267 e. The minimum atomic E-state index is -0.604. The molecule has 0 bridgehead atoms. The van der Waals surface area contributed by atoms with Crippen molar-refractivity contribution in [3.05, 3.63) is 34.2 Å². The Morgan fingerprint density at radius 1 is 1.42 bits per heavy atom. The number of carbonyl (C=O) groups excluding carboxylic acids is 1. The summed E-state index contributed by atoms with van der Waals surface area (Å²) in [7, 11) is 0. The molecule has 2 aromatic rings. The molecule has 1 aliphatic carbocycles. The molecule has 128 valence electrons. The molecule has 1 amide bonds. The minimum Gasteiger partial charge on any atom is -0.364 e. The molecular weight excluding hydrogens is 329 g/mol. The fraction of sp³-hybridized carbons (Fsp3) is 0.500. The number of nitrogens with zero attached hydrogens (tertiary/aromatic N) is 4. The Morgan fingerprint density at radius 3 is 2.75 bits per heavy atom. The molecule has 0 aromatic carbocycles. The Kier molecular flexibility index (Phi) is 4.75. The zero-order chi connectivity index (χ0) is 17.2. The molecule has 0 spiro atoms. The first-order chi connectivity index (χ1) is 11.5. The second kappa shape index (κ2) is 6.80. The van der Waals surface area contributed by atoms with Crippen LogP contribution in [0.25, 0.3) is 0 Å². The Bertz CT molecular complexity index is 725. The predicted molar refractivity (Wildman–Crippen MR) is 90.7 cm³/mol. The second-order valence-corrected chi connectivity index (χ2v) is 7.65. The van der Waals surface area contributed by atoms with Crippen molar-refractivity contribution >= 4 is 23.1 Å². The highest BCUT2D eigenvalue weighted by molar-refractivity contribution is 7.11. The summed E-state index contributed by atoms with van der Waals surface area (Å²) in [5, 5.41) is 0.931. The first-order valence-corrected chi connectivity index (χ1v) is 8.67. The van der Waals surface area contributed by atoms with E-state index in [1.165, 1.54) is 6.33 Å². The molecule has 8 heteroatoms. The van der Waals surface area contributed by atoms with Crippen LogP contribution < -0.4 is 10.6 Å². The molecule has 0 atom stereocenters. The number of hydrogen-bond donors (Lipinski definition) is 1. The molecular formula is C16H20FN5OS. The maximum absolute atomic E-state index is 13.6. The van der Waals surface area contributed by atoms with Crippen LogP contribution in [-0.4, -0.2) is 34.1 Å². The van der Waals surface area contributed by atoms with Gasteiger partial charge < -0.3 is 10.6 Å². The van der Waals surface area contributed by atoms with Crippen LogP contribution >= 0.6 is 11.3 Å². The van der Waals surface area contributed by atoms with Crippen molar-refractivity contribution in [2.75, 3.05) is 18.1 Å². The van der Waals surface area contributed by atoms with Gasteiger partial charge in [-0.3, -0.25) is 9.18 Å². The van der Waals surface area contributed by atoms with E-state index in [-0.39, 0.29) is 17.8 Å². The largest absolute Gasteiger partial charge is 0.364 e. The molecule has 1 saturated carbocycles. The van der Waals surface area contributed by atoms with Crippen LogP contribution in [0.4, 0.5) is 10.2 Å². The van der Waals surface area contributed by atoms with Gasteiger partial charge in [0.1, 0.15) is 22.8 Å². The van der Waals surface area contributed by atoms with E-state index in [0.717, 1.165) is 29.1 Å². The van der Waals surface area contributed by atoms with E-state index in [1.54, 1.807) is 17.4 Å². The monoisotopic (exact) mass is 349 g/mol. The Balaban J connectivity index is 1.88. The van der Waals surface area contributed by atoms with Crippen LogP contribution in [0.2, 0.25) is 0 Å². The molecule has 0 radical (unpaired) electrons. The number of hydrogen-bond acceptors (Lipinski definition) is 6. The molecule has 2 aromatic heterocycles. The average Bonchev–Trinajstić information content (AvgIpc) is 2.95. The van der Waals surface area contributed by atoms with Crippen molar-refractivity contribution < 1.29 is 9.18 Å². The molecule has 3 rings (SSSR count). The van der Waals surface area contributed by atoms with Crippen molar-refractivity contribution in [3.63, 3.8) is 0 Å². The van der Waals surface area contributed by atoms with Gasteiger partial charge in [-0.1, -0.05) is 6.42 Å². The topological polar surface area (TPSA) is 85.0 Å². The summed E-state index contributed by atoms with van der Waals surface area (Å²) in [5.74, 6) is -0.0288. The van der Waals surface area contributed by atoms with Gasteiger partial charge in [-0.25, -0.2) is 15.0 Å². The number of thiazole rings is 1. The van der Waals surface area contributed by atoms with Gasteiger partial charge in [0.15, 0.2) is 0 Å². The lowest BCUT2D eigenvalue weighted by molar-refractivity contribution is 0.0978. The van der Waals surface area contributed by atoms with E-state index in [2.05, 4.69) is 15.0 Å². The smallest absolute Gasteiger partial charge is 0.267 e. The Hall–Kier alpha value is -2.09. The van der Waals surface area contributed by atoms with Gasteiger partial charge in [0.2, 0.25) is 0 Å². The molecule has 6 nitrogen and oxygen atoms in total. The number of halogens is 1. The van der Waals surface area contributed by atoms with E-state index in [1.807, 2.05) is 18.0 Å². The second-order valence-electron chi connectivity index (χ2n) is 6.33. The summed E-state index contributed by atoms with van der Waals surface area (Å²) in [6, 6.07) is 1.56. The van der Waals surface area contributed by atoms with Crippen molar-refractivity contribution in [1.82, 2.24) is 15.0 Å². The van der Waals surface area contributed by atoms with Crippen LogP contribution in [-0.2, 0) is 6.54 Å². The van der Waals surface area contributed by atoms with E-state index in [4.69, 9.17) is 5.73 Å². The Labute approximate surface area is 143 Å². The fourth-order valence-electron chi connectivity index (χ4n) is 2.93. The molecule has 1 aliphatic rings. The van der Waals surface area contributed by atoms with Crippen molar-refractivity contribution in [1.29, 1.82) is 0 Å². The quantitative estimate of drug-likeness (QED) is 0.830. The summed E-state index contributed by atoms with van der Waals surface area (Å²) < 4.78 is 13.6. The maximum atomic E-state index is 13.6. The third kappa shape index (κ3) is 3.53. The molecule has 0 unspecified atom stereocenters. The number of anilines is 1. The zero-order valence-electron chi connectivity index (χ0n) is 13.5. The highest BCUT2D eigenvalue weighted by Gasteiger charge is 2.39. The standard InChI is InChI=1S/C16H20FN5OS/c1-11-6-19-14(24-11)7-22(9-16(8-17)3-2-4-16)13-5-12(15(18)23)20-10-21-13/h5-6,10H,2-4,7-9H2,1H3,(H2,18,23).